The fourth-order valence-electron chi connectivity index (χ4n) is 20.6. The summed E-state index contributed by atoms with van der Waals surface area (Å²) in [6, 6.07) is 171. The summed E-state index contributed by atoms with van der Waals surface area (Å²) in [5.74, 6) is 0.179. The van der Waals surface area contributed by atoms with Gasteiger partial charge in [-0.15, -0.1) is 0 Å². The Hall–Kier alpha value is -16.5. The van der Waals surface area contributed by atoms with Gasteiger partial charge < -0.3 is 41.4 Å². The molecule has 0 saturated carbocycles. The highest BCUT2D eigenvalue weighted by Crippen LogP contribution is 2.53. The molecule has 1 aliphatic rings. The topological polar surface area (TPSA) is 67.0 Å². The lowest BCUT2D eigenvalue weighted by atomic mass is 9.80. The van der Waals surface area contributed by atoms with Gasteiger partial charge in [0.05, 0.1) is 61.0 Å². The molecule has 25 aromatic rings. The van der Waals surface area contributed by atoms with Crippen molar-refractivity contribution in [2.75, 3.05) is 4.90 Å². The van der Waals surface area contributed by atoms with Gasteiger partial charge in [0.15, 0.2) is 14.3 Å². The predicted molar refractivity (Wildman–Crippen MR) is 554 cm³/mol. The van der Waals surface area contributed by atoms with E-state index in [0.29, 0.717) is 0 Å². The maximum absolute atomic E-state index is 15.2. The summed E-state index contributed by atoms with van der Waals surface area (Å²) in [5.41, 5.74) is 24.7. The average Bonchev–Trinajstić information content (AvgIpc) is 1.45. The Kier molecular flexibility index (Phi) is 19.7. The molecule has 0 saturated heterocycles. The first kappa shape index (κ1) is 78.9. The van der Waals surface area contributed by atoms with E-state index < -0.39 is 14.3 Å². The molecular weight excluding hydrogens is 1650 g/mol. The minimum Gasteiger partial charge on any atom is -0.316 e. The highest BCUT2D eigenvalue weighted by molar-refractivity contribution is 7.85. The van der Waals surface area contributed by atoms with Crippen LogP contribution >= 0.6 is 14.3 Å². The minimum atomic E-state index is -3.12. The lowest BCUT2D eigenvalue weighted by molar-refractivity contribution is 0.591. The molecule has 626 valence electrons. The number of fused-ring (bicyclic) bond motifs is 17. The van der Waals surface area contributed by atoms with Crippen molar-refractivity contribution >= 4 is 161 Å². The zero-order chi connectivity index (χ0) is 87.8. The second-order valence-electron chi connectivity index (χ2n) is 33.7. The molecule has 26 rings (SSSR count). The van der Waals surface area contributed by atoms with Gasteiger partial charge in [0.2, 0.25) is 0 Å². The summed E-state index contributed by atoms with van der Waals surface area (Å²) < 4.78 is 44.1. The zero-order valence-corrected chi connectivity index (χ0v) is 73.7. The van der Waals surface area contributed by atoms with Gasteiger partial charge in [-0.25, -0.2) is 0 Å². The molecule has 0 fully saturated rings. The molecule has 0 unspecified atom stereocenters. The lowest BCUT2D eigenvalue weighted by Gasteiger charge is -2.38. The van der Waals surface area contributed by atoms with Gasteiger partial charge in [-0.05, 0) is 180 Å². The number of nitrogens with zero attached hydrogens (tertiary/aromatic N) is 7. The van der Waals surface area contributed by atoms with Crippen LogP contribution < -0.4 is 36.7 Å². The summed E-state index contributed by atoms with van der Waals surface area (Å²) in [5, 5.41) is 16.0. The Morgan fingerprint density at radius 1 is 0.197 bits per heavy atom. The molecule has 0 spiro atoms. The van der Waals surface area contributed by atoms with Crippen LogP contribution in [0.5, 0.6) is 0 Å². The smallest absolute Gasteiger partial charge is 0.171 e. The van der Waals surface area contributed by atoms with E-state index in [1.165, 1.54) is 104 Å². The number of aromatic nitrogens is 6. The van der Waals surface area contributed by atoms with Crippen molar-refractivity contribution in [2.45, 2.75) is 5.92 Å². The van der Waals surface area contributed by atoms with Crippen molar-refractivity contribution in [3.63, 3.8) is 0 Å². The van der Waals surface area contributed by atoms with Crippen LogP contribution in [0, 0.1) is 0 Å². The molecular formula is C121H85N7O2P2. The quantitative estimate of drug-likeness (QED) is 0.102. The van der Waals surface area contributed by atoms with Crippen LogP contribution in [0.3, 0.4) is 0 Å². The van der Waals surface area contributed by atoms with E-state index in [4.69, 9.17) is 0 Å². The number of hydrogen-bond donors (Lipinski definition) is 0. The largest absolute Gasteiger partial charge is 0.316 e. The summed E-state index contributed by atoms with van der Waals surface area (Å²) >= 11 is 0. The Bertz CT molecular complexity index is 8620. The normalized spacial score (nSPS) is 12.3. The van der Waals surface area contributed by atoms with Gasteiger partial charge in [0, 0.05) is 145 Å². The Balaban J connectivity index is 0.000000110. The SMILES string of the molecule is O=P(c1ccccc1)(c1ccccc1)c1ccc(-n2c3ccccc3c3c4c(ccc32)ccn4-c2ccccc2)cc1.O=P(c1ccccc1)(c1ccccc1)c1cccc(-n2c3ccccc3c3c4c(ccc32)ccn4-c2ccccc2)c1.c1ccc(C2c3ccccc3N(c3ccc(-n4c5ccccc5c5c6c(ccc54)ccn6-c4ccccc4)cc3)c3ccccc32)cc1. The third-order valence-corrected chi connectivity index (χ3v) is 32.6. The lowest BCUT2D eigenvalue weighted by Crippen LogP contribution is -2.25. The fraction of sp³-hybridized carbons (Fsp3) is 0.00826. The van der Waals surface area contributed by atoms with Crippen molar-refractivity contribution in [3.8, 4) is 34.1 Å². The first-order valence-electron chi connectivity index (χ1n) is 44.9. The van der Waals surface area contributed by atoms with Crippen LogP contribution in [0.2, 0.25) is 0 Å². The maximum atomic E-state index is 15.2. The molecule has 0 amide bonds. The number of hydrogen-bond acceptors (Lipinski definition) is 3. The predicted octanol–water partition coefficient (Wildman–Crippen LogP) is 28.4. The standard InChI is InChI=1S/C45H31N3.2C38H27N2OP/c1-3-13-31(14-4-1)43-36-17-7-10-20-39(36)47(40-21-11-8-18-37(40)43)34-24-26-35(27-25-34)48-41-22-12-9-19-38(41)44-42(48)28-23-32-29-30-46(45(32)44)33-15-5-2-6-16-33;41-42(31-16-6-2-7-17-31,32-18-8-3-9-19-32)33-20-12-15-30(27-33)40-35-22-11-10-21-34(35)37-36(40)24-23-28-25-26-39(38(28)37)29-13-4-1-5-14-29;41-42(31-14-6-2-7-15-31,32-16-8-3-9-17-32)33-23-21-30(22-24-33)40-35-19-11-10-18-34(35)37-36(40)25-20-28-26-27-39(38(28)37)29-12-4-1-5-13-29/h1-30,43H;2*1-27H. The molecule has 7 heterocycles. The van der Waals surface area contributed by atoms with Crippen LogP contribution in [0.25, 0.3) is 132 Å². The summed E-state index contributed by atoms with van der Waals surface area (Å²) in [7, 11) is -6.17. The van der Waals surface area contributed by atoms with Gasteiger partial charge >= 0.3 is 0 Å². The molecule has 0 N–H and O–H groups in total. The zero-order valence-electron chi connectivity index (χ0n) is 71.9. The van der Waals surface area contributed by atoms with Crippen LogP contribution in [0.4, 0.5) is 17.1 Å². The van der Waals surface area contributed by atoms with E-state index in [2.05, 4.69) is 391 Å². The average molecular weight is 1730 g/mol. The third kappa shape index (κ3) is 13.1. The highest BCUT2D eigenvalue weighted by Gasteiger charge is 2.35. The van der Waals surface area contributed by atoms with E-state index in [-0.39, 0.29) is 5.92 Å². The maximum Gasteiger partial charge on any atom is 0.171 e. The van der Waals surface area contributed by atoms with Crippen LogP contribution in [0.1, 0.15) is 22.6 Å². The van der Waals surface area contributed by atoms with Crippen LogP contribution in [-0.2, 0) is 9.13 Å². The van der Waals surface area contributed by atoms with Crippen molar-refractivity contribution in [2.24, 2.45) is 0 Å². The molecule has 11 heteroatoms. The first-order valence-corrected chi connectivity index (χ1v) is 48.3. The van der Waals surface area contributed by atoms with E-state index in [1.807, 2.05) is 152 Å². The van der Waals surface area contributed by atoms with Gasteiger partial charge in [-0.1, -0.05) is 328 Å². The highest BCUT2D eigenvalue weighted by atomic mass is 31.2. The molecule has 0 radical (unpaired) electrons. The second-order valence-corrected chi connectivity index (χ2v) is 39.3. The monoisotopic (exact) mass is 1730 g/mol. The van der Waals surface area contributed by atoms with Gasteiger partial charge in [-0.2, -0.15) is 0 Å². The van der Waals surface area contributed by atoms with E-state index in [1.54, 1.807) is 0 Å². The second kappa shape index (κ2) is 33.0. The summed E-state index contributed by atoms with van der Waals surface area (Å²) in [6.07, 6.45) is 6.50. The number of anilines is 3. The van der Waals surface area contributed by atoms with Crippen LogP contribution in [-0.4, -0.2) is 27.4 Å². The fourth-order valence-corrected chi connectivity index (χ4v) is 25.9. The Morgan fingerprint density at radius 2 is 0.477 bits per heavy atom. The molecule has 6 aromatic heterocycles. The first-order chi connectivity index (χ1) is 65.3. The van der Waals surface area contributed by atoms with Crippen LogP contribution in [0.15, 0.2) is 510 Å². The molecule has 19 aromatic carbocycles. The van der Waals surface area contributed by atoms with Gasteiger partial charge in [0.25, 0.3) is 0 Å². The third-order valence-electron chi connectivity index (χ3n) is 26.4. The van der Waals surface area contributed by atoms with Crippen molar-refractivity contribution in [1.29, 1.82) is 0 Å². The van der Waals surface area contributed by atoms with E-state index in [9.17, 15) is 4.57 Å². The summed E-state index contributed by atoms with van der Waals surface area (Å²) in [4.78, 5) is 2.43. The van der Waals surface area contributed by atoms with Gasteiger partial charge in [-0.3, -0.25) is 0 Å². The molecule has 132 heavy (non-hydrogen) atoms. The number of benzene rings is 19. The Labute approximate surface area is 764 Å². The molecule has 9 nitrogen and oxygen atoms in total. The van der Waals surface area contributed by atoms with Crippen molar-refractivity contribution in [1.82, 2.24) is 27.4 Å². The minimum absolute atomic E-state index is 0.179. The molecule has 0 bridgehead atoms. The number of para-hydroxylation sites is 8. The molecule has 0 aliphatic carbocycles. The molecule has 0 atom stereocenters. The van der Waals surface area contributed by atoms with E-state index >= 15 is 4.57 Å². The summed E-state index contributed by atoms with van der Waals surface area (Å²) in [6.45, 7) is 0. The Morgan fingerprint density at radius 3 is 0.856 bits per heavy atom. The van der Waals surface area contributed by atoms with Gasteiger partial charge in [0.1, 0.15) is 0 Å². The number of rotatable bonds is 14. The molecule has 1 aliphatic heterocycles. The van der Waals surface area contributed by atoms with Crippen molar-refractivity contribution in [3.05, 3.63) is 527 Å². The van der Waals surface area contributed by atoms with E-state index in [0.717, 1.165) is 93.7 Å². The van der Waals surface area contributed by atoms with Crippen molar-refractivity contribution < 1.29 is 9.13 Å².